The van der Waals surface area contributed by atoms with Crippen LogP contribution in [0.1, 0.15) is 18.2 Å². The average molecular weight is 271 g/mol. The Labute approximate surface area is 112 Å². The van der Waals surface area contributed by atoms with Crippen molar-refractivity contribution in [3.8, 4) is 5.88 Å². The Hall–Kier alpha value is -0.850. The number of methoxy groups -OCH3 is 1. The molecule has 0 aliphatic carbocycles. The first-order valence-corrected chi connectivity index (χ1v) is 6.89. The fourth-order valence-electron chi connectivity index (χ4n) is 1.89. The van der Waals surface area contributed by atoms with E-state index in [1.807, 2.05) is 19.0 Å². The van der Waals surface area contributed by atoms with E-state index in [0.29, 0.717) is 0 Å². The number of ether oxygens (including phenoxy) is 2. The molecule has 1 aromatic heterocycles. The molecule has 18 heavy (non-hydrogen) atoms. The predicted octanol–water partition coefficient (Wildman–Crippen LogP) is 1.49. The summed E-state index contributed by atoms with van der Waals surface area (Å²) in [7, 11) is 5.64. The fourth-order valence-corrected chi connectivity index (χ4v) is 2.78. The second-order valence-corrected chi connectivity index (χ2v) is 6.10. The monoisotopic (exact) mass is 271 g/mol. The van der Waals surface area contributed by atoms with Gasteiger partial charge in [-0.3, -0.25) is 0 Å². The van der Waals surface area contributed by atoms with Crippen molar-refractivity contribution >= 4 is 16.5 Å². The molecule has 2 heterocycles. The zero-order chi connectivity index (χ0) is 13.2. The van der Waals surface area contributed by atoms with Crippen LogP contribution in [0.2, 0.25) is 0 Å². The molecule has 2 rings (SSSR count). The SMILES string of the molecule is COc1nc(N(C)C)sc1CNC1(C)CCOC1. The van der Waals surface area contributed by atoms with Gasteiger partial charge >= 0.3 is 0 Å². The van der Waals surface area contributed by atoms with E-state index >= 15 is 0 Å². The molecular weight excluding hydrogens is 250 g/mol. The van der Waals surface area contributed by atoms with E-state index < -0.39 is 0 Å². The first-order valence-electron chi connectivity index (χ1n) is 6.08. The molecule has 1 N–H and O–H groups in total. The normalized spacial score (nSPS) is 23.3. The highest BCUT2D eigenvalue weighted by molar-refractivity contribution is 7.15. The lowest BCUT2D eigenvalue weighted by Gasteiger charge is -2.23. The number of nitrogens with one attached hydrogen (secondary N) is 1. The van der Waals surface area contributed by atoms with Gasteiger partial charge < -0.3 is 19.7 Å². The lowest BCUT2D eigenvalue weighted by molar-refractivity contribution is 0.171. The zero-order valence-corrected chi connectivity index (χ0v) is 12.3. The van der Waals surface area contributed by atoms with Crippen LogP contribution in [0.5, 0.6) is 5.88 Å². The van der Waals surface area contributed by atoms with Crippen LogP contribution < -0.4 is 15.0 Å². The summed E-state index contributed by atoms with van der Waals surface area (Å²) in [5.41, 5.74) is 0.0767. The highest BCUT2D eigenvalue weighted by Gasteiger charge is 2.29. The molecule has 1 atom stereocenters. The molecule has 0 radical (unpaired) electrons. The third kappa shape index (κ3) is 2.93. The zero-order valence-electron chi connectivity index (χ0n) is 11.4. The summed E-state index contributed by atoms with van der Waals surface area (Å²) in [6.07, 6.45) is 1.05. The molecule has 1 aromatic rings. The smallest absolute Gasteiger partial charge is 0.230 e. The molecule has 102 valence electrons. The van der Waals surface area contributed by atoms with Crippen molar-refractivity contribution in [3.05, 3.63) is 4.88 Å². The standard InChI is InChI=1S/C12H21N3O2S/c1-12(5-6-17-8-12)13-7-9-10(16-4)14-11(18-9)15(2)3/h13H,5-8H2,1-4H3. The van der Waals surface area contributed by atoms with Crippen molar-refractivity contribution in [1.82, 2.24) is 10.3 Å². The summed E-state index contributed by atoms with van der Waals surface area (Å²) >= 11 is 1.66. The molecule has 1 unspecified atom stereocenters. The summed E-state index contributed by atoms with van der Waals surface area (Å²) in [5.74, 6) is 0.721. The Bertz CT molecular complexity index is 400. The van der Waals surface area contributed by atoms with Gasteiger partial charge in [-0.2, -0.15) is 4.98 Å². The van der Waals surface area contributed by atoms with Crippen LogP contribution in [-0.2, 0) is 11.3 Å². The average Bonchev–Trinajstić information content (AvgIpc) is 2.93. The highest BCUT2D eigenvalue weighted by Crippen LogP contribution is 2.31. The van der Waals surface area contributed by atoms with E-state index in [9.17, 15) is 0 Å². The topological polar surface area (TPSA) is 46.6 Å². The molecule has 0 saturated carbocycles. The minimum absolute atomic E-state index is 0.0767. The first-order chi connectivity index (χ1) is 8.54. The molecule has 1 saturated heterocycles. The number of rotatable bonds is 5. The van der Waals surface area contributed by atoms with E-state index in [1.165, 1.54) is 0 Å². The molecule has 5 nitrogen and oxygen atoms in total. The van der Waals surface area contributed by atoms with Crippen LogP contribution in [0, 0.1) is 0 Å². The van der Waals surface area contributed by atoms with Crippen LogP contribution >= 0.6 is 11.3 Å². The van der Waals surface area contributed by atoms with Gasteiger partial charge in [0.25, 0.3) is 0 Å². The van der Waals surface area contributed by atoms with Gasteiger partial charge in [0.05, 0.1) is 18.6 Å². The van der Waals surface area contributed by atoms with E-state index in [-0.39, 0.29) is 5.54 Å². The Balaban J connectivity index is 2.03. The van der Waals surface area contributed by atoms with Gasteiger partial charge in [-0.15, -0.1) is 0 Å². The second kappa shape index (κ2) is 5.42. The Kier molecular flexibility index (Phi) is 4.09. The Morgan fingerprint density at radius 3 is 2.89 bits per heavy atom. The maximum atomic E-state index is 5.43. The molecule has 1 aliphatic rings. The summed E-state index contributed by atoms with van der Waals surface area (Å²) in [6, 6.07) is 0. The maximum Gasteiger partial charge on any atom is 0.230 e. The van der Waals surface area contributed by atoms with Crippen molar-refractivity contribution in [2.24, 2.45) is 0 Å². The minimum Gasteiger partial charge on any atom is -0.480 e. The summed E-state index contributed by atoms with van der Waals surface area (Å²) in [6.45, 7) is 4.58. The van der Waals surface area contributed by atoms with E-state index in [0.717, 1.165) is 42.1 Å². The number of anilines is 1. The molecule has 0 aromatic carbocycles. The summed E-state index contributed by atoms with van der Waals surface area (Å²) in [5, 5.41) is 4.52. The summed E-state index contributed by atoms with van der Waals surface area (Å²) < 4.78 is 10.8. The van der Waals surface area contributed by atoms with Crippen LogP contribution in [0.4, 0.5) is 5.13 Å². The highest BCUT2D eigenvalue weighted by atomic mass is 32.1. The lowest BCUT2D eigenvalue weighted by atomic mass is 10.0. The molecule has 0 spiro atoms. The van der Waals surface area contributed by atoms with Crippen molar-refractivity contribution in [2.75, 3.05) is 39.3 Å². The van der Waals surface area contributed by atoms with Gasteiger partial charge in [0.15, 0.2) is 5.13 Å². The Morgan fingerprint density at radius 2 is 2.33 bits per heavy atom. The van der Waals surface area contributed by atoms with Crippen molar-refractivity contribution in [3.63, 3.8) is 0 Å². The fraction of sp³-hybridized carbons (Fsp3) is 0.750. The molecule has 0 bridgehead atoms. The molecule has 6 heteroatoms. The van der Waals surface area contributed by atoms with Crippen LogP contribution in [0.15, 0.2) is 0 Å². The van der Waals surface area contributed by atoms with Crippen molar-refractivity contribution in [2.45, 2.75) is 25.4 Å². The van der Waals surface area contributed by atoms with Gasteiger partial charge in [0.1, 0.15) is 0 Å². The quantitative estimate of drug-likeness (QED) is 0.879. The van der Waals surface area contributed by atoms with Gasteiger partial charge in [0, 0.05) is 32.8 Å². The third-order valence-electron chi connectivity index (χ3n) is 3.12. The number of hydrogen-bond donors (Lipinski definition) is 1. The van der Waals surface area contributed by atoms with E-state index in [1.54, 1.807) is 18.4 Å². The molecular formula is C12H21N3O2S. The van der Waals surface area contributed by atoms with Crippen LogP contribution in [-0.4, -0.2) is 44.9 Å². The molecule has 0 amide bonds. The third-order valence-corrected chi connectivity index (χ3v) is 4.33. The van der Waals surface area contributed by atoms with Crippen molar-refractivity contribution < 1.29 is 9.47 Å². The second-order valence-electron chi connectivity index (χ2n) is 5.04. The van der Waals surface area contributed by atoms with Gasteiger partial charge in [-0.25, -0.2) is 0 Å². The number of thiazole rings is 1. The van der Waals surface area contributed by atoms with E-state index in [2.05, 4.69) is 17.2 Å². The minimum atomic E-state index is 0.0767. The molecule has 1 aliphatic heterocycles. The summed E-state index contributed by atoms with van der Waals surface area (Å²) in [4.78, 5) is 7.58. The molecule has 1 fully saturated rings. The lowest BCUT2D eigenvalue weighted by Crippen LogP contribution is -2.42. The number of aromatic nitrogens is 1. The largest absolute Gasteiger partial charge is 0.480 e. The first kappa shape index (κ1) is 13.6. The van der Waals surface area contributed by atoms with Gasteiger partial charge in [-0.05, 0) is 13.3 Å². The van der Waals surface area contributed by atoms with Gasteiger partial charge in [-0.1, -0.05) is 11.3 Å². The van der Waals surface area contributed by atoms with Gasteiger partial charge in [0.2, 0.25) is 5.88 Å². The predicted molar refractivity (Wildman–Crippen MR) is 73.7 cm³/mol. The van der Waals surface area contributed by atoms with E-state index in [4.69, 9.17) is 9.47 Å². The van der Waals surface area contributed by atoms with Crippen molar-refractivity contribution in [1.29, 1.82) is 0 Å². The van der Waals surface area contributed by atoms with Crippen LogP contribution in [0.25, 0.3) is 0 Å². The van der Waals surface area contributed by atoms with Crippen LogP contribution in [0.3, 0.4) is 0 Å². The maximum absolute atomic E-state index is 5.43. The number of hydrogen-bond acceptors (Lipinski definition) is 6. The number of nitrogens with zero attached hydrogens (tertiary/aromatic N) is 2. The Morgan fingerprint density at radius 1 is 1.56 bits per heavy atom.